The summed E-state index contributed by atoms with van der Waals surface area (Å²) in [4.78, 5) is 27.3. The third-order valence-corrected chi connectivity index (χ3v) is 3.55. The first-order chi connectivity index (χ1) is 10.6. The number of amides is 3. The number of carbonyl (C=O) groups is 2. The van der Waals surface area contributed by atoms with Crippen molar-refractivity contribution in [2.45, 2.75) is 18.6 Å². The molecule has 0 saturated carbocycles. The Morgan fingerprint density at radius 1 is 1.43 bits per heavy atom. The van der Waals surface area contributed by atoms with E-state index in [1.54, 1.807) is 0 Å². The van der Waals surface area contributed by atoms with Crippen LogP contribution in [0.4, 0.5) is 23.7 Å². The van der Waals surface area contributed by atoms with Crippen molar-refractivity contribution in [2.24, 2.45) is 5.11 Å². The summed E-state index contributed by atoms with van der Waals surface area (Å²) in [5, 5.41) is 4.97. The number of urea groups is 1. The average molecular weight is 348 g/mol. The zero-order chi connectivity index (χ0) is 17.4. The molecule has 122 valence electrons. The lowest BCUT2D eigenvalue weighted by Gasteiger charge is -2.19. The molecule has 1 aromatic carbocycles. The highest BCUT2D eigenvalue weighted by Gasteiger charge is 2.48. The molecule has 2 rings (SSSR count). The Balaban J connectivity index is 2.45. The van der Waals surface area contributed by atoms with Gasteiger partial charge in [-0.15, -0.1) is 0 Å². The highest BCUT2D eigenvalue weighted by atomic mass is 35.5. The maximum absolute atomic E-state index is 12.9. The van der Waals surface area contributed by atoms with E-state index in [2.05, 4.69) is 15.3 Å². The fourth-order valence-corrected chi connectivity index (χ4v) is 2.29. The maximum Gasteiger partial charge on any atom is 0.417 e. The van der Waals surface area contributed by atoms with Gasteiger partial charge in [-0.05, 0) is 30.7 Å². The van der Waals surface area contributed by atoms with Crippen molar-refractivity contribution < 1.29 is 22.8 Å². The van der Waals surface area contributed by atoms with Gasteiger partial charge in [0.1, 0.15) is 5.54 Å². The molecule has 0 bridgehead atoms. The van der Waals surface area contributed by atoms with Crippen molar-refractivity contribution in [3.05, 3.63) is 39.2 Å². The first-order valence-electron chi connectivity index (χ1n) is 6.14. The van der Waals surface area contributed by atoms with E-state index in [-0.39, 0.29) is 12.2 Å². The lowest BCUT2D eigenvalue weighted by atomic mass is 10.0. The van der Waals surface area contributed by atoms with Gasteiger partial charge in [-0.1, -0.05) is 16.7 Å². The standard InChI is InChI=1S/C12H9ClF3N5O2/c1-11(5-18-20-17)9(22)21(10(23)19-11)6-2-3-8(13)7(4-6)12(14,15)16/h2-4H,5H2,1H3,(H,19,23). The van der Waals surface area contributed by atoms with Crippen LogP contribution in [0.5, 0.6) is 0 Å². The smallest absolute Gasteiger partial charge is 0.323 e. The number of carbonyl (C=O) groups excluding carboxylic acids is 2. The van der Waals surface area contributed by atoms with Gasteiger partial charge in [0.15, 0.2) is 0 Å². The van der Waals surface area contributed by atoms with Crippen molar-refractivity contribution >= 4 is 29.2 Å². The van der Waals surface area contributed by atoms with E-state index in [1.165, 1.54) is 6.92 Å². The molecular weight excluding hydrogens is 339 g/mol. The van der Waals surface area contributed by atoms with Gasteiger partial charge >= 0.3 is 12.2 Å². The second kappa shape index (κ2) is 5.64. The van der Waals surface area contributed by atoms with Gasteiger partial charge < -0.3 is 5.32 Å². The van der Waals surface area contributed by atoms with Gasteiger partial charge in [-0.3, -0.25) is 4.79 Å². The van der Waals surface area contributed by atoms with Crippen molar-refractivity contribution in [3.63, 3.8) is 0 Å². The van der Waals surface area contributed by atoms with Gasteiger partial charge in [0, 0.05) is 4.91 Å². The molecule has 11 heteroatoms. The first-order valence-corrected chi connectivity index (χ1v) is 6.52. The van der Waals surface area contributed by atoms with Crippen LogP contribution < -0.4 is 10.2 Å². The molecular formula is C12H9ClF3N5O2. The zero-order valence-corrected chi connectivity index (χ0v) is 12.3. The summed E-state index contributed by atoms with van der Waals surface area (Å²) in [7, 11) is 0. The van der Waals surface area contributed by atoms with Gasteiger partial charge in [0.05, 0.1) is 22.8 Å². The summed E-state index contributed by atoms with van der Waals surface area (Å²) in [6.45, 7) is 0.937. The summed E-state index contributed by atoms with van der Waals surface area (Å²) < 4.78 is 38.7. The molecule has 23 heavy (non-hydrogen) atoms. The van der Waals surface area contributed by atoms with Crippen LogP contribution in [0.2, 0.25) is 5.02 Å². The Bertz CT molecular complexity index is 732. The molecule has 1 unspecified atom stereocenters. The predicted molar refractivity (Wildman–Crippen MR) is 74.9 cm³/mol. The van der Waals surface area contributed by atoms with Gasteiger partial charge in [-0.25, -0.2) is 9.69 Å². The Morgan fingerprint density at radius 2 is 2.09 bits per heavy atom. The van der Waals surface area contributed by atoms with Crippen LogP contribution in [0.1, 0.15) is 12.5 Å². The third kappa shape index (κ3) is 3.03. The highest BCUT2D eigenvalue weighted by Crippen LogP contribution is 2.38. The summed E-state index contributed by atoms with van der Waals surface area (Å²) in [5.74, 6) is -0.828. The van der Waals surface area contributed by atoms with Crippen LogP contribution in [0, 0.1) is 0 Å². The van der Waals surface area contributed by atoms with Crippen molar-refractivity contribution in [1.82, 2.24) is 5.32 Å². The molecule has 1 aliphatic heterocycles. The van der Waals surface area contributed by atoms with Crippen molar-refractivity contribution in [2.75, 3.05) is 11.4 Å². The van der Waals surface area contributed by atoms with Crippen LogP contribution in [0.3, 0.4) is 0 Å². The molecule has 1 fully saturated rings. The maximum atomic E-state index is 12.9. The predicted octanol–water partition coefficient (Wildman–Crippen LogP) is 3.48. The second-order valence-corrected chi connectivity index (χ2v) is 5.36. The van der Waals surface area contributed by atoms with E-state index in [0.717, 1.165) is 12.1 Å². The number of rotatable bonds is 3. The molecule has 0 aliphatic carbocycles. The van der Waals surface area contributed by atoms with Gasteiger partial charge in [-0.2, -0.15) is 13.2 Å². The van der Waals surface area contributed by atoms with Crippen molar-refractivity contribution in [3.8, 4) is 0 Å². The van der Waals surface area contributed by atoms with Crippen LogP contribution in [-0.2, 0) is 11.0 Å². The summed E-state index contributed by atoms with van der Waals surface area (Å²) in [5.41, 5.74) is 5.34. The molecule has 1 aromatic rings. The van der Waals surface area contributed by atoms with E-state index in [4.69, 9.17) is 17.1 Å². The number of hydrogen-bond acceptors (Lipinski definition) is 3. The second-order valence-electron chi connectivity index (χ2n) is 4.95. The Labute approximate surface area is 132 Å². The van der Waals surface area contributed by atoms with Gasteiger partial charge in [0.25, 0.3) is 5.91 Å². The fraction of sp³-hybridized carbons (Fsp3) is 0.333. The van der Waals surface area contributed by atoms with E-state index >= 15 is 0 Å². The normalized spacial score (nSPS) is 21.2. The van der Waals surface area contributed by atoms with Crippen LogP contribution in [0.15, 0.2) is 23.3 Å². The van der Waals surface area contributed by atoms with Gasteiger partial charge in [0.2, 0.25) is 0 Å². The number of hydrogen-bond donors (Lipinski definition) is 1. The lowest BCUT2D eigenvalue weighted by molar-refractivity contribution is -0.137. The van der Waals surface area contributed by atoms with Crippen LogP contribution in [0.25, 0.3) is 10.4 Å². The molecule has 1 N–H and O–H groups in total. The Hall–Kier alpha value is -2.45. The molecule has 1 heterocycles. The number of imide groups is 1. The number of nitrogens with zero attached hydrogens (tertiary/aromatic N) is 4. The SMILES string of the molecule is CC1(CN=[N+]=[N-])NC(=O)N(c2ccc(Cl)c(C(F)(F)F)c2)C1=O. The molecule has 1 saturated heterocycles. The number of azide groups is 1. The van der Waals surface area contributed by atoms with E-state index in [9.17, 15) is 22.8 Å². The minimum Gasteiger partial charge on any atom is -0.323 e. The summed E-state index contributed by atoms with van der Waals surface area (Å²) in [6.07, 6.45) is -4.74. The van der Waals surface area contributed by atoms with Crippen molar-refractivity contribution in [1.29, 1.82) is 0 Å². The Kier molecular flexibility index (Phi) is 4.14. The fourth-order valence-electron chi connectivity index (χ4n) is 2.07. The van der Waals surface area contributed by atoms with Crippen LogP contribution in [-0.4, -0.2) is 24.0 Å². The van der Waals surface area contributed by atoms with E-state index < -0.39 is 34.2 Å². The molecule has 1 aliphatic rings. The highest BCUT2D eigenvalue weighted by molar-refractivity contribution is 6.31. The topological polar surface area (TPSA) is 98.2 Å². The van der Waals surface area contributed by atoms with Crippen LogP contribution >= 0.6 is 11.6 Å². The molecule has 1 atom stereocenters. The lowest BCUT2D eigenvalue weighted by Crippen LogP contribution is -2.46. The number of anilines is 1. The molecule has 7 nitrogen and oxygen atoms in total. The Morgan fingerprint density at radius 3 is 2.65 bits per heavy atom. The molecule has 0 spiro atoms. The number of halogens is 4. The number of alkyl halides is 3. The summed E-state index contributed by atoms with van der Waals surface area (Å²) >= 11 is 5.51. The van der Waals surface area contributed by atoms with E-state index in [1.807, 2.05) is 0 Å². The molecule has 0 aromatic heterocycles. The quantitative estimate of drug-likeness (QED) is 0.392. The summed E-state index contributed by atoms with van der Waals surface area (Å²) in [6, 6.07) is 1.76. The monoisotopic (exact) mass is 347 g/mol. The third-order valence-electron chi connectivity index (χ3n) is 3.22. The number of benzene rings is 1. The minimum absolute atomic E-state index is 0.283. The largest absolute Gasteiger partial charge is 0.417 e. The molecule has 3 amide bonds. The average Bonchev–Trinajstić information content (AvgIpc) is 2.67. The minimum atomic E-state index is -4.74. The van der Waals surface area contributed by atoms with E-state index in [0.29, 0.717) is 11.0 Å². The molecule has 0 radical (unpaired) electrons. The zero-order valence-electron chi connectivity index (χ0n) is 11.6. The number of nitrogens with one attached hydrogen (secondary N) is 1. The first kappa shape index (κ1) is 16.9.